The second kappa shape index (κ2) is 14.3. The molecule has 5 heterocycles. The van der Waals surface area contributed by atoms with Crippen LogP contribution in [0.5, 0.6) is 6.01 Å². The molecular formula is C39H51ClN6O5Si2. The van der Waals surface area contributed by atoms with Crippen LogP contribution >= 0.6 is 11.6 Å². The summed E-state index contributed by atoms with van der Waals surface area (Å²) in [7, 11) is -4.05. The predicted molar refractivity (Wildman–Crippen MR) is 213 cm³/mol. The SMILES string of the molecule is CC(C)(C)[Si]1(C(C)(C)C)OC[C@H]2OC[C@@H](Oc3nc4nc(-c5ccc(-c6ccc(-n7cncn7)cc6)cc5)c(Cl)cc4n3COCC[Si](C)(C)C)[C@@H]2O1. The number of rotatable bonds is 10. The number of ether oxygens (including phenoxy) is 3. The molecule has 0 aliphatic carbocycles. The van der Waals surface area contributed by atoms with Crippen LogP contribution in [-0.4, -0.2) is 84.1 Å². The Kier molecular flexibility index (Phi) is 10.2. The van der Waals surface area contributed by atoms with Crippen LogP contribution in [0.15, 0.2) is 67.3 Å². The molecule has 2 aliphatic rings. The number of nitrogens with zero attached hydrogens (tertiary/aromatic N) is 6. The fraction of sp³-hybridized carbons (Fsp3) is 0.487. The highest BCUT2D eigenvalue weighted by molar-refractivity contribution is 6.76. The molecule has 11 nitrogen and oxygen atoms in total. The topological polar surface area (TPSA) is 108 Å². The summed E-state index contributed by atoms with van der Waals surface area (Å²) in [5, 5.41) is 4.39. The van der Waals surface area contributed by atoms with Crippen molar-refractivity contribution < 1.29 is 23.1 Å². The van der Waals surface area contributed by atoms with Crippen molar-refractivity contribution in [2.24, 2.45) is 0 Å². The Bertz CT molecular complexity index is 2020. The van der Waals surface area contributed by atoms with Gasteiger partial charge in [0.05, 0.1) is 35.1 Å². The molecule has 5 aromatic rings. The van der Waals surface area contributed by atoms with Crippen molar-refractivity contribution in [2.75, 3.05) is 19.8 Å². The van der Waals surface area contributed by atoms with E-state index < -0.39 is 16.6 Å². The van der Waals surface area contributed by atoms with Crippen molar-refractivity contribution in [3.63, 3.8) is 0 Å². The molecule has 3 aromatic heterocycles. The lowest BCUT2D eigenvalue weighted by atomic mass is 10.0. The lowest BCUT2D eigenvalue weighted by molar-refractivity contribution is -0.0660. The number of hydrogen-bond acceptors (Lipinski definition) is 9. The summed E-state index contributed by atoms with van der Waals surface area (Å²) < 4.78 is 36.6. The summed E-state index contributed by atoms with van der Waals surface area (Å²) in [4.78, 5) is 14.0. The normalized spacial score (nSPS) is 20.5. The third-order valence-electron chi connectivity index (χ3n) is 10.1. The Morgan fingerprint density at radius 1 is 0.906 bits per heavy atom. The molecule has 0 bridgehead atoms. The van der Waals surface area contributed by atoms with Crippen molar-refractivity contribution in [2.45, 2.75) is 102 Å². The minimum atomic E-state index is -2.76. The van der Waals surface area contributed by atoms with E-state index in [-0.39, 0.29) is 35.1 Å². The van der Waals surface area contributed by atoms with Gasteiger partial charge in [0.15, 0.2) is 11.8 Å². The summed E-state index contributed by atoms with van der Waals surface area (Å²) in [6.45, 7) is 22.1. The summed E-state index contributed by atoms with van der Waals surface area (Å²) in [5.41, 5.74) is 5.90. The lowest BCUT2D eigenvalue weighted by Crippen LogP contribution is -2.65. The number of hydrogen-bond donors (Lipinski definition) is 0. The van der Waals surface area contributed by atoms with Crippen molar-refractivity contribution >= 4 is 39.4 Å². The summed E-state index contributed by atoms with van der Waals surface area (Å²) in [6, 6.07) is 19.8. The zero-order chi connectivity index (χ0) is 37.8. The van der Waals surface area contributed by atoms with E-state index in [4.69, 9.17) is 44.6 Å². The van der Waals surface area contributed by atoms with Crippen LogP contribution in [0.25, 0.3) is 39.2 Å². The Balaban J connectivity index is 1.18. The maximum atomic E-state index is 7.08. The molecule has 2 aliphatic heterocycles. The smallest absolute Gasteiger partial charge is 0.349 e. The van der Waals surface area contributed by atoms with Crippen molar-refractivity contribution in [3.05, 3.63) is 72.3 Å². The molecule has 0 amide bonds. The monoisotopic (exact) mass is 774 g/mol. The summed E-state index contributed by atoms with van der Waals surface area (Å²) >= 11 is 7.00. The minimum Gasteiger partial charge on any atom is -0.456 e. The first-order chi connectivity index (χ1) is 25.0. The third kappa shape index (κ3) is 7.62. The van der Waals surface area contributed by atoms with E-state index in [2.05, 4.69) is 95.5 Å². The van der Waals surface area contributed by atoms with Gasteiger partial charge in [0, 0.05) is 30.3 Å². The molecule has 0 unspecified atom stereocenters. The number of pyridine rings is 1. The van der Waals surface area contributed by atoms with E-state index in [0.717, 1.165) is 33.9 Å². The van der Waals surface area contributed by atoms with E-state index >= 15 is 0 Å². The molecule has 53 heavy (non-hydrogen) atoms. The largest absolute Gasteiger partial charge is 0.456 e. The van der Waals surface area contributed by atoms with E-state index in [1.165, 1.54) is 6.33 Å². The number of imidazole rings is 1. The first kappa shape index (κ1) is 37.9. The first-order valence-corrected chi connectivity index (χ1v) is 24.2. The van der Waals surface area contributed by atoms with Gasteiger partial charge < -0.3 is 23.1 Å². The van der Waals surface area contributed by atoms with Gasteiger partial charge in [0.1, 0.15) is 31.6 Å². The molecule has 2 saturated heterocycles. The molecule has 282 valence electrons. The Morgan fingerprint density at radius 2 is 1.57 bits per heavy atom. The number of fused-ring (bicyclic) bond motifs is 2. The fourth-order valence-electron chi connectivity index (χ4n) is 7.44. The molecule has 0 spiro atoms. The van der Waals surface area contributed by atoms with E-state index in [9.17, 15) is 0 Å². The summed E-state index contributed by atoms with van der Waals surface area (Å²) in [6.07, 6.45) is 2.31. The van der Waals surface area contributed by atoms with Crippen molar-refractivity contribution in [1.82, 2.24) is 29.3 Å². The van der Waals surface area contributed by atoms with Crippen LogP contribution in [-0.2, 0) is 25.1 Å². The van der Waals surface area contributed by atoms with Crippen LogP contribution in [0.4, 0.5) is 0 Å². The molecule has 0 N–H and O–H groups in total. The lowest BCUT2D eigenvalue weighted by Gasteiger charge is -2.53. The third-order valence-corrected chi connectivity index (χ3v) is 17.2. The van der Waals surface area contributed by atoms with Crippen LogP contribution in [0.1, 0.15) is 41.5 Å². The number of aromatic nitrogens is 6. The van der Waals surface area contributed by atoms with E-state index in [0.29, 0.717) is 42.2 Å². The molecular weight excluding hydrogens is 724 g/mol. The van der Waals surface area contributed by atoms with Crippen molar-refractivity contribution in [3.8, 4) is 34.1 Å². The predicted octanol–water partition coefficient (Wildman–Crippen LogP) is 8.92. The van der Waals surface area contributed by atoms with Gasteiger partial charge in [-0.15, -0.1) is 0 Å². The molecule has 2 fully saturated rings. The van der Waals surface area contributed by atoms with E-state index in [1.54, 1.807) is 11.0 Å². The zero-order valence-electron chi connectivity index (χ0n) is 32.2. The van der Waals surface area contributed by atoms with Crippen molar-refractivity contribution in [1.29, 1.82) is 0 Å². The zero-order valence-corrected chi connectivity index (χ0v) is 35.0. The highest BCUT2D eigenvalue weighted by Gasteiger charge is 2.64. The van der Waals surface area contributed by atoms with Gasteiger partial charge in [-0.2, -0.15) is 10.1 Å². The number of halogens is 1. The standard InChI is InChI=1S/C39H51ClN6O5Si2/c1-38(2,3)53(39(4,5)6)49-22-32-35(51-53)33(21-48-32)50-37-44-36-31(45(37)25-47-18-19-52(7,8)9)20-30(40)34(43-36)28-12-10-26(11-13-28)27-14-16-29(17-15-27)46-24-41-23-42-46/h10-17,20,23-24,32-33,35H,18-19,21-22,25H2,1-9H3/t32-,33-,35-/m1/s1. The Morgan fingerprint density at radius 3 is 2.19 bits per heavy atom. The quantitative estimate of drug-likeness (QED) is 0.102. The second-order valence-corrected chi connectivity index (χ2v) is 28.1. The van der Waals surface area contributed by atoms with Gasteiger partial charge in [-0.1, -0.05) is 109 Å². The van der Waals surface area contributed by atoms with E-state index in [1.807, 2.05) is 34.9 Å². The minimum absolute atomic E-state index is 0.167. The van der Waals surface area contributed by atoms with Gasteiger partial charge in [-0.3, -0.25) is 4.57 Å². The van der Waals surface area contributed by atoms with Crippen LogP contribution < -0.4 is 4.74 Å². The average Bonchev–Trinajstić information content (AvgIpc) is 3.85. The van der Waals surface area contributed by atoms with Gasteiger partial charge in [0.2, 0.25) is 0 Å². The molecule has 0 radical (unpaired) electrons. The summed E-state index contributed by atoms with van der Waals surface area (Å²) in [5.74, 6) is 0. The maximum absolute atomic E-state index is 7.08. The fourth-order valence-corrected chi connectivity index (χ4v) is 13.4. The maximum Gasteiger partial charge on any atom is 0.349 e. The molecule has 7 rings (SSSR count). The molecule has 14 heteroatoms. The first-order valence-electron chi connectivity index (χ1n) is 18.3. The van der Waals surface area contributed by atoms with Gasteiger partial charge in [-0.25, -0.2) is 14.6 Å². The highest BCUT2D eigenvalue weighted by Crippen LogP contribution is 2.55. The number of benzene rings is 2. The van der Waals surface area contributed by atoms with Crippen LogP contribution in [0.3, 0.4) is 0 Å². The average molecular weight is 775 g/mol. The van der Waals surface area contributed by atoms with Gasteiger partial charge >= 0.3 is 14.6 Å². The van der Waals surface area contributed by atoms with Crippen LogP contribution in [0, 0.1) is 0 Å². The molecule has 2 aromatic carbocycles. The molecule has 0 saturated carbocycles. The Labute approximate surface area is 319 Å². The second-order valence-electron chi connectivity index (χ2n) is 17.3. The molecule has 3 atom stereocenters. The Hall–Kier alpha value is -3.44. The highest BCUT2D eigenvalue weighted by atomic mass is 35.5. The van der Waals surface area contributed by atoms with Gasteiger partial charge in [0.25, 0.3) is 0 Å². The van der Waals surface area contributed by atoms with Crippen LogP contribution in [0.2, 0.25) is 40.8 Å². The van der Waals surface area contributed by atoms with Gasteiger partial charge in [-0.05, 0) is 35.4 Å².